The number of likely N-dealkylation sites (N-methyl/N-ethyl adjacent to an activating group) is 1. The van der Waals surface area contributed by atoms with Crippen LogP contribution in [0.3, 0.4) is 0 Å². The molecule has 5 nitrogen and oxygen atoms in total. The van der Waals surface area contributed by atoms with Crippen LogP contribution >= 0.6 is 0 Å². The van der Waals surface area contributed by atoms with Crippen molar-refractivity contribution in [2.75, 3.05) is 32.1 Å². The van der Waals surface area contributed by atoms with Gasteiger partial charge in [-0.2, -0.15) is 0 Å². The molecular formula is C12H20N4O. The molecule has 1 aliphatic heterocycles. The van der Waals surface area contributed by atoms with Crippen molar-refractivity contribution < 1.29 is 5.11 Å². The van der Waals surface area contributed by atoms with Gasteiger partial charge in [-0.15, -0.1) is 0 Å². The molecule has 5 heteroatoms. The van der Waals surface area contributed by atoms with E-state index in [2.05, 4.69) is 19.8 Å². The first-order valence-electron chi connectivity index (χ1n) is 5.95. The topological polar surface area (TPSA) is 52.5 Å². The van der Waals surface area contributed by atoms with Crippen molar-refractivity contribution in [1.82, 2.24) is 14.9 Å². The van der Waals surface area contributed by atoms with E-state index < -0.39 is 0 Å². The van der Waals surface area contributed by atoms with E-state index >= 15 is 0 Å². The van der Waals surface area contributed by atoms with E-state index in [0.717, 1.165) is 24.6 Å². The summed E-state index contributed by atoms with van der Waals surface area (Å²) in [5.41, 5.74) is 0. The second kappa shape index (κ2) is 4.98. The quantitative estimate of drug-likeness (QED) is 0.817. The maximum atomic E-state index is 9.81. The molecule has 0 amide bonds. The Bertz CT molecular complexity index is 383. The summed E-state index contributed by atoms with van der Waals surface area (Å²) in [6, 6.07) is 2.24. The van der Waals surface area contributed by atoms with E-state index in [1.54, 1.807) is 6.20 Å². The number of nitrogens with zero attached hydrogens (tertiary/aromatic N) is 4. The fourth-order valence-electron chi connectivity index (χ4n) is 2.37. The van der Waals surface area contributed by atoms with Crippen molar-refractivity contribution in [2.24, 2.45) is 0 Å². The lowest BCUT2D eigenvalue weighted by atomic mass is 10.2. The summed E-state index contributed by atoms with van der Waals surface area (Å²) in [7, 11) is 4.10. The first-order valence-corrected chi connectivity index (χ1v) is 5.95. The molecule has 2 atom stereocenters. The van der Waals surface area contributed by atoms with Gasteiger partial charge in [-0.3, -0.25) is 0 Å². The number of rotatable bonds is 3. The first-order chi connectivity index (χ1) is 8.06. The van der Waals surface area contributed by atoms with Crippen molar-refractivity contribution in [3.8, 4) is 0 Å². The fourth-order valence-corrected chi connectivity index (χ4v) is 2.37. The van der Waals surface area contributed by atoms with E-state index in [9.17, 15) is 5.11 Å². The number of anilines is 1. The molecule has 17 heavy (non-hydrogen) atoms. The average molecular weight is 236 g/mol. The summed E-state index contributed by atoms with van der Waals surface area (Å²) in [6.45, 7) is 3.48. The van der Waals surface area contributed by atoms with Gasteiger partial charge in [-0.05, 0) is 33.5 Å². The van der Waals surface area contributed by atoms with E-state index in [0.29, 0.717) is 12.6 Å². The van der Waals surface area contributed by atoms with E-state index in [4.69, 9.17) is 0 Å². The molecule has 2 heterocycles. The molecule has 0 aromatic carbocycles. The van der Waals surface area contributed by atoms with E-state index in [1.165, 1.54) is 0 Å². The van der Waals surface area contributed by atoms with Gasteiger partial charge in [0.1, 0.15) is 11.6 Å². The molecule has 1 aliphatic rings. The Kier molecular flexibility index (Phi) is 3.59. The third-order valence-corrected chi connectivity index (χ3v) is 3.02. The van der Waals surface area contributed by atoms with E-state index in [1.807, 2.05) is 27.1 Å². The minimum Gasteiger partial charge on any atom is -0.391 e. The van der Waals surface area contributed by atoms with Crippen LogP contribution in [0, 0.1) is 6.92 Å². The van der Waals surface area contributed by atoms with Gasteiger partial charge in [-0.25, -0.2) is 9.97 Å². The Hall–Kier alpha value is -1.20. The number of β-amino-alcohol motifs (C(OH)–C–C–N with tert-alkyl or cyclic N) is 1. The van der Waals surface area contributed by atoms with Crippen molar-refractivity contribution in [3.63, 3.8) is 0 Å². The van der Waals surface area contributed by atoms with Crippen LogP contribution in [0.1, 0.15) is 12.2 Å². The second-order valence-corrected chi connectivity index (χ2v) is 4.92. The molecule has 1 saturated heterocycles. The fraction of sp³-hybridized carbons (Fsp3) is 0.667. The molecule has 94 valence electrons. The zero-order valence-corrected chi connectivity index (χ0v) is 10.7. The first kappa shape index (κ1) is 12.3. The van der Waals surface area contributed by atoms with Crippen LogP contribution in [0.2, 0.25) is 0 Å². The molecule has 0 aliphatic carbocycles. The summed E-state index contributed by atoms with van der Waals surface area (Å²) < 4.78 is 0. The predicted octanol–water partition coefficient (Wildman–Crippen LogP) is 0.286. The molecule has 0 bridgehead atoms. The number of aryl methyl sites for hydroxylation is 1. The highest BCUT2D eigenvalue weighted by Crippen LogP contribution is 2.24. The summed E-state index contributed by atoms with van der Waals surface area (Å²) in [5, 5.41) is 9.81. The highest BCUT2D eigenvalue weighted by molar-refractivity contribution is 5.41. The van der Waals surface area contributed by atoms with Crippen LogP contribution in [-0.2, 0) is 0 Å². The van der Waals surface area contributed by atoms with Crippen LogP contribution < -0.4 is 4.90 Å². The maximum Gasteiger partial charge on any atom is 0.132 e. The van der Waals surface area contributed by atoms with Crippen molar-refractivity contribution >= 4 is 5.82 Å². The van der Waals surface area contributed by atoms with Crippen molar-refractivity contribution in [1.29, 1.82) is 0 Å². The van der Waals surface area contributed by atoms with Gasteiger partial charge in [0.05, 0.1) is 6.10 Å². The van der Waals surface area contributed by atoms with Crippen LogP contribution in [-0.4, -0.2) is 59.3 Å². The van der Waals surface area contributed by atoms with Crippen molar-refractivity contribution in [3.05, 3.63) is 18.1 Å². The lowest BCUT2D eigenvalue weighted by Gasteiger charge is -2.27. The predicted molar refractivity (Wildman–Crippen MR) is 67.1 cm³/mol. The summed E-state index contributed by atoms with van der Waals surface area (Å²) in [5.74, 6) is 1.69. The Balaban J connectivity index is 2.17. The molecule has 1 aromatic heterocycles. The monoisotopic (exact) mass is 236 g/mol. The van der Waals surface area contributed by atoms with Crippen LogP contribution in [0.25, 0.3) is 0 Å². The third-order valence-electron chi connectivity index (χ3n) is 3.02. The Morgan fingerprint density at radius 1 is 1.53 bits per heavy atom. The highest BCUT2D eigenvalue weighted by Gasteiger charge is 2.32. The zero-order valence-electron chi connectivity index (χ0n) is 10.7. The molecule has 1 fully saturated rings. The molecular weight excluding hydrogens is 216 g/mol. The SMILES string of the molecule is Cc1nccc(N2CC(O)CC2CN(C)C)n1. The number of hydrogen-bond acceptors (Lipinski definition) is 5. The van der Waals surface area contributed by atoms with Crippen molar-refractivity contribution in [2.45, 2.75) is 25.5 Å². The number of aliphatic hydroxyl groups excluding tert-OH is 1. The Labute approximate surface area is 102 Å². The molecule has 2 rings (SSSR count). The van der Waals surface area contributed by atoms with Gasteiger partial charge in [0, 0.05) is 25.3 Å². The highest BCUT2D eigenvalue weighted by atomic mass is 16.3. The lowest BCUT2D eigenvalue weighted by molar-refractivity contribution is 0.191. The van der Waals surface area contributed by atoms with Gasteiger partial charge in [-0.1, -0.05) is 0 Å². The average Bonchev–Trinajstić information content (AvgIpc) is 2.58. The van der Waals surface area contributed by atoms with Crippen LogP contribution in [0.15, 0.2) is 12.3 Å². The summed E-state index contributed by atoms with van der Waals surface area (Å²) >= 11 is 0. The Morgan fingerprint density at radius 3 is 2.94 bits per heavy atom. The number of aliphatic hydroxyl groups is 1. The molecule has 0 spiro atoms. The van der Waals surface area contributed by atoms with Crippen LogP contribution in [0.5, 0.6) is 0 Å². The van der Waals surface area contributed by atoms with Crippen LogP contribution in [0.4, 0.5) is 5.82 Å². The van der Waals surface area contributed by atoms with Gasteiger partial charge in [0.25, 0.3) is 0 Å². The normalized spacial score (nSPS) is 24.6. The van der Waals surface area contributed by atoms with Gasteiger partial charge in [0.15, 0.2) is 0 Å². The van der Waals surface area contributed by atoms with E-state index in [-0.39, 0.29) is 6.10 Å². The molecule has 1 N–H and O–H groups in total. The largest absolute Gasteiger partial charge is 0.391 e. The lowest BCUT2D eigenvalue weighted by Crippen LogP contribution is -2.38. The smallest absolute Gasteiger partial charge is 0.132 e. The Morgan fingerprint density at radius 2 is 2.29 bits per heavy atom. The minimum atomic E-state index is -0.254. The van der Waals surface area contributed by atoms with Gasteiger partial charge < -0.3 is 14.9 Å². The molecule has 1 aromatic rings. The molecule has 0 saturated carbocycles. The second-order valence-electron chi connectivity index (χ2n) is 4.92. The minimum absolute atomic E-state index is 0.254. The standard InChI is InChI=1S/C12H20N4O/c1-9-13-5-4-12(14-9)16-8-11(17)6-10(16)7-15(2)3/h4-5,10-11,17H,6-8H2,1-3H3. The van der Waals surface area contributed by atoms with Gasteiger partial charge >= 0.3 is 0 Å². The summed E-state index contributed by atoms with van der Waals surface area (Å²) in [6.07, 6.45) is 2.33. The number of hydrogen-bond donors (Lipinski definition) is 1. The summed E-state index contributed by atoms with van der Waals surface area (Å²) in [4.78, 5) is 12.9. The molecule has 2 unspecified atom stereocenters. The zero-order chi connectivity index (χ0) is 12.4. The molecule has 0 radical (unpaired) electrons. The van der Waals surface area contributed by atoms with Gasteiger partial charge in [0.2, 0.25) is 0 Å². The maximum absolute atomic E-state index is 9.81. The number of aromatic nitrogens is 2. The third kappa shape index (κ3) is 2.92.